The van der Waals surface area contributed by atoms with Crippen LogP contribution in [0.4, 0.5) is 14.9 Å². The quantitative estimate of drug-likeness (QED) is 0.756. The van der Waals surface area contributed by atoms with Crippen molar-refractivity contribution in [1.29, 1.82) is 0 Å². The molecule has 2 amide bonds. The van der Waals surface area contributed by atoms with Crippen LogP contribution in [0.2, 0.25) is 0 Å². The molecular formula is C16H25FN2O3. The predicted octanol–water partition coefficient (Wildman–Crippen LogP) is 3.00. The van der Waals surface area contributed by atoms with Crippen LogP contribution in [-0.4, -0.2) is 30.9 Å². The number of carbonyl (C=O) groups is 1. The number of hydrogen-bond acceptors (Lipinski definition) is 3. The molecule has 0 fully saturated rings. The molecule has 124 valence electrons. The molecule has 1 atom stereocenters. The zero-order chi connectivity index (χ0) is 16.9. The number of amides is 2. The molecule has 0 heterocycles. The summed E-state index contributed by atoms with van der Waals surface area (Å²) in [5.74, 6) is -0.00661. The maximum absolute atomic E-state index is 13.2. The van der Waals surface area contributed by atoms with E-state index in [-0.39, 0.29) is 18.2 Å². The molecular weight excluding hydrogens is 287 g/mol. The molecule has 0 saturated carbocycles. The molecule has 22 heavy (non-hydrogen) atoms. The number of hydrogen-bond donors (Lipinski definition) is 3. The third-order valence-corrected chi connectivity index (χ3v) is 3.55. The number of nitrogens with one attached hydrogen (secondary N) is 2. The Labute approximate surface area is 130 Å². The van der Waals surface area contributed by atoms with Gasteiger partial charge in [-0.3, -0.25) is 0 Å². The number of benzene rings is 1. The van der Waals surface area contributed by atoms with Gasteiger partial charge in [0.25, 0.3) is 0 Å². The van der Waals surface area contributed by atoms with Crippen LogP contribution in [0.1, 0.15) is 27.7 Å². The van der Waals surface area contributed by atoms with E-state index < -0.39 is 23.4 Å². The smallest absolute Gasteiger partial charge is 0.319 e. The second-order valence-electron chi connectivity index (χ2n) is 6.33. The van der Waals surface area contributed by atoms with E-state index >= 15 is 0 Å². The Morgan fingerprint density at radius 1 is 1.41 bits per heavy atom. The van der Waals surface area contributed by atoms with Gasteiger partial charge in [-0.15, -0.1) is 0 Å². The lowest BCUT2D eigenvalue weighted by molar-refractivity contribution is 0.0154. The fourth-order valence-corrected chi connectivity index (χ4v) is 2.26. The number of anilines is 1. The van der Waals surface area contributed by atoms with Crippen LogP contribution in [0.25, 0.3) is 0 Å². The molecule has 3 N–H and O–H groups in total. The molecule has 1 aromatic rings. The van der Waals surface area contributed by atoms with E-state index in [9.17, 15) is 14.3 Å². The van der Waals surface area contributed by atoms with Gasteiger partial charge in [0.2, 0.25) is 0 Å². The highest BCUT2D eigenvalue weighted by atomic mass is 19.1. The highest BCUT2D eigenvalue weighted by Gasteiger charge is 2.30. The zero-order valence-electron chi connectivity index (χ0n) is 13.7. The van der Waals surface area contributed by atoms with Crippen LogP contribution >= 0.6 is 0 Å². The summed E-state index contributed by atoms with van der Waals surface area (Å²) in [5, 5.41) is 15.4. The lowest BCUT2D eigenvalue weighted by Crippen LogP contribution is -2.44. The van der Waals surface area contributed by atoms with Crippen molar-refractivity contribution in [3.8, 4) is 5.75 Å². The van der Waals surface area contributed by atoms with Gasteiger partial charge in [-0.1, -0.05) is 27.7 Å². The van der Waals surface area contributed by atoms with Gasteiger partial charge in [-0.05, 0) is 18.1 Å². The summed E-state index contributed by atoms with van der Waals surface area (Å²) in [4.78, 5) is 11.9. The number of rotatable bonds is 6. The van der Waals surface area contributed by atoms with E-state index in [4.69, 9.17) is 4.74 Å². The van der Waals surface area contributed by atoms with Gasteiger partial charge in [0, 0.05) is 18.0 Å². The van der Waals surface area contributed by atoms with Crippen LogP contribution in [0.3, 0.4) is 0 Å². The Kier molecular flexibility index (Phi) is 6.17. The Bertz CT molecular complexity index is 518. The molecule has 1 unspecified atom stereocenters. The molecule has 0 aromatic heterocycles. The summed E-state index contributed by atoms with van der Waals surface area (Å²) in [6, 6.07) is 3.40. The molecule has 0 aliphatic carbocycles. The van der Waals surface area contributed by atoms with E-state index in [0.29, 0.717) is 5.75 Å². The van der Waals surface area contributed by atoms with E-state index in [0.717, 1.165) is 0 Å². The van der Waals surface area contributed by atoms with Crippen LogP contribution in [0, 0.1) is 17.2 Å². The van der Waals surface area contributed by atoms with Gasteiger partial charge in [0.05, 0.1) is 18.9 Å². The standard InChI is InChI=1S/C16H25FN2O3/c1-10(2)14(20)16(3,4)9-18-15(21)19-12-8-11(17)6-7-13(12)22-5/h6-8,10,14,20H,9H2,1-5H3,(H2,18,19,21). The number of aliphatic hydroxyl groups is 1. The van der Waals surface area contributed by atoms with Gasteiger partial charge in [0.1, 0.15) is 11.6 Å². The molecule has 6 heteroatoms. The number of urea groups is 1. The van der Waals surface area contributed by atoms with E-state index in [1.54, 1.807) is 0 Å². The summed E-state index contributed by atoms with van der Waals surface area (Å²) in [7, 11) is 1.44. The van der Waals surface area contributed by atoms with E-state index in [1.807, 2.05) is 27.7 Å². The van der Waals surface area contributed by atoms with Crippen molar-refractivity contribution in [1.82, 2.24) is 5.32 Å². The second kappa shape index (κ2) is 7.45. The van der Waals surface area contributed by atoms with Crippen molar-refractivity contribution >= 4 is 11.7 Å². The Hall–Kier alpha value is -1.82. The SMILES string of the molecule is COc1ccc(F)cc1NC(=O)NCC(C)(C)C(O)C(C)C. The van der Waals surface area contributed by atoms with Gasteiger partial charge in [-0.2, -0.15) is 0 Å². The van der Waals surface area contributed by atoms with Crippen molar-refractivity contribution in [2.45, 2.75) is 33.8 Å². The minimum absolute atomic E-state index is 0.0863. The summed E-state index contributed by atoms with van der Waals surface area (Å²) in [6.07, 6.45) is -0.545. The fourth-order valence-electron chi connectivity index (χ4n) is 2.26. The average molecular weight is 312 g/mol. The Morgan fingerprint density at radius 3 is 2.59 bits per heavy atom. The topological polar surface area (TPSA) is 70.6 Å². The molecule has 1 rings (SSSR count). The van der Waals surface area contributed by atoms with Crippen molar-refractivity contribution in [2.24, 2.45) is 11.3 Å². The van der Waals surface area contributed by atoms with E-state index in [2.05, 4.69) is 10.6 Å². The third kappa shape index (κ3) is 4.87. The molecule has 5 nitrogen and oxygen atoms in total. The highest BCUT2D eigenvalue weighted by molar-refractivity contribution is 5.90. The molecule has 0 bridgehead atoms. The van der Waals surface area contributed by atoms with Crippen molar-refractivity contribution in [3.05, 3.63) is 24.0 Å². The van der Waals surface area contributed by atoms with Crippen molar-refractivity contribution in [2.75, 3.05) is 19.0 Å². The Morgan fingerprint density at radius 2 is 2.05 bits per heavy atom. The van der Waals surface area contributed by atoms with Gasteiger partial charge < -0.3 is 20.5 Å². The summed E-state index contributed by atoms with van der Waals surface area (Å²) in [5.41, 5.74) is -0.223. The number of ether oxygens (including phenoxy) is 1. The fraction of sp³-hybridized carbons (Fsp3) is 0.562. The summed E-state index contributed by atoms with van der Waals surface area (Å²) in [6.45, 7) is 7.88. The highest BCUT2D eigenvalue weighted by Crippen LogP contribution is 2.26. The first-order chi connectivity index (χ1) is 10.2. The predicted molar refractivity (Wildman–Crippen MR) is 84.6 cm³/mol. The van der Waals surface area contributed by atoms with Crippen molar-refractivity contribution in [3.63, 3.8) is 0 Å². The lowest BCUT2D eigenvalue weighted by Gasteiger charge is -2.33. The summed E-state index contributed by atoms with van der Waals surface area (Å²) < 4.78 is 18.3. The molecule has 0 saturated heterocycles. The Balaban J connectivity index is 2.66. The first-order valence-corrected chi connectivity index (χ1v) is 7.24. The van der Waals surface area contributed by atoms with Crippen LogP contribution < -0.4 is 15.4 Å². The molecule has 1 aromatic carbocycles. The molecule has 0 aliphatic heterocycles. The maximum atomic E-state index is 13.2. The summed E-state index contributed by atoms with van der Waals surface area (Å²) >= 11 is 0. The second-order valence-corrected chi connectivity index (χ2v) is 6.33. The first kappa shape index (κ1) is 18.2. The molecule has 0 aliphatic rings. The number of methoxy groups -OCH3 is 1. The first-order valence-electron chi connectivity index (χ1n) is 7.24. The third-order valence-electron chi connectivity index (χ3n) is 3.55. The lowest BCUT2D eigenvalue weighted by atomic mass is 9.81. The maximum Gasteiger partial charge on any atom is 0.319 e. The van der Waals surface area contributed by atoms with Crippen LogP contribution in [0.15, 0.2) is 18.2 Å². The van der Waals surface area contributed by atoms with Crippen LogP contribution in [-0.2, 0) is 0 Å². The van der Waals surface area contributed by atoms with E-state index in [1.165, 1.54) is 25.3 Å². The normalized spacial score (nSPS) is 12.9. The van der Waals surface area contributed by atoms with Gasteiger partial charge in [0.15, 0.2) is 0 Å². The molecule has 0 radical (unpaired) electrons. The number of carbonyl (C=O) groups excluding carboxylic acids is 1. The van der Waals surface area contributed by atoms with Gasteiger partial charge >= 0.3 is 6.03 Å². The minimum atomic E-state index is -0.545. The minimum Gasteiger partial charge on any atom is -0.495 e. The van der Waals surface area contributed by atoms with Crippen LogP contribution in [0.5, 0.6) is 5.75 Å². The monoisotopic (exact) mass is 312 g/mol. The van der Waals surface area contributed by atoms with Gasteiger partial charge in [-0.25, -0.2) is 9.18 Å². The number of halogens is 1. The van der Waals surface area contributed by atoms with Crippen molar-refractivity contribution < 1.29 is 19.0 Å². The largest absolute Gasteiger partial charge is 0.495 e. The molecule has 0 spiro atoms. The zero-order valence-corrected chi connectivity index (χ0v) is 13.7. The number of aliphatic hydroxyl groups excluding tert-OH is 1. The average Bonchev–Trinajstić information content (AvgIpc) is 2.44.